The molecular weight excluding hydrogens is 1260 g/mol. The first-order valence-corrected chi connectivity index (χ1v) is 41.8. The first-order chi connectivity index (χ1) is 48.3. The minimum atomic E-state index is -1.97. The second kappa shape index (κ2) is 61.9. The lowest BCUT2D eigenvalue weighted by Gasteiger charge is -2.48. The van der Waals surface area contributed by atoms with Gasteiger partial charge in [-0.05, 0) is 12.8 Å². The van der Waals surface area contributed by atoms with E-state index in [4.69, 9.17) is 28.4 Å². The molecule has 0 saturated carbocycles. The molecule has 17 unspecified atom stereocenters. The second-order valence-corrected chi connectivity index (χ2v) is 30.3. The van der Waals surface area contributed by atoms with Gasteiger partial charge in [0.1, 0.15) is 73.2 Å². The summed E-state index contributed by atoms with van der Waals surface area (Å²) < 4.78 is 34.5. The maximum atomic E-state index is 13.5. The van der Waals surface area contributed by atoms with E-state index in [2.05, 4.69) is 19.2 Å². The summed E-state index contributed by atoms with van der Waals surface area (Å²) in [4.78, 5) is 13.5. The zero-order valence-electron chi connectivity index (χ0n) is 63.0. The van der Waals surface area contributed by atoms with Gasteiger partial charge in [-0.2, -0.15) is 0 Å². The third-order valence-electron chi connectivity index (χ3n) is 21.4. The highest BCUT2D eigenvalue weighted by molar-refractivity contribution is 5.76. The number of ether oxygens (including phenoxy) is 6. The Morgan fingerprint density at radius 2 is 0.576 bits per heavy atom. The smallest absolute Gasteiger partial charge is 0.220 e. The quantitative estimate of drug-likeness (QED) is 0.0252. The molecule has 99 heavy (non-hydrogen) atoms. The molecule has 0 aromatic rings. The number of nitrogens with one attached hydrogen (secondary N) is 1. The number of carbonyl (C=O) groups excluding carboxylic acids is 1. The molecule has 0 radical (unpaired) electrons. The van der Waals surface area contributed by atoms with E-state index >= 15 is 0 Å². The van der Waals surface area contributed by atoms with Crippen LogP contribution in [0, 0.1) is 0 Å². The molecule has 3 aliphatic heterocycles. The topological polar surface area (TPSA) is 307 Å². The highest BCUT2D eigenvalue weighted by Gasteiger charge is 2.54. The minimum Gasteiger partial charge on any atom is -0.394 e. The first kappa shape index (κ1) is 92.0. The van der Waals surface area contributed by atoms with Crippen LogP contribution in [-0.4, -0.2) is 193 Å². The molecule has 0 bridgehead atoms. The van der Waals surface area contributed by atoms with Crippen molar-refractivity contribution in [2.24, 2.45) is 0 Å². The van der Waals surface area contributed by atoms with E-state index in [1.807, 2.05) is 0 Å². The van der Waals surface area contributed by atoms with Gasteiger partial charge in [0.25, 0.3) is 0 Å². The Labute approximate surface area is 602 Å². The third-order valence-corrected chi connectivity index (χ3v) is 21.4. The van der Waals surface area contributed by atoms with Crippen molar-refractivity contribution in [3.05, 3.63) is 0 Å². The molecule has 1 amide bonds. The minimum absolute atomic E-state index is 0.233. The van der Waals surface area contributed by atoms with Gasteiger partial charge in [-0.25, -0.2) is 0 Å². The number of unbranched alkanes of at least 4 members (excludes halogenated alkanes) is 52. The van der Waals surface area contributed by atoms with Crippen molar-refractivity contribution in [3.8, 4) is 0 Å². The highest BCUT2D eigenvalue weighted by Crippen LogP contribution is 2.34. The highest BCUT2D eigenvalue weighted by atomic mass is 16.8. The average molecular weight is 1420 g/mol. The fourth-order valence-electron chi connectivity index (χ4n) is 14.7. The lowest BCUT2D eigenvalue weighted by Crippen LogP contribution is -2.66. The Kier molecular flexibility index (Phi) is 57.5. The number of aliphatic hydroxyl groups is 11. The van der Waals surface area contributed by atoms with Crippen LogP contribution in [-0.2, 0) is 33.2 Å². The van der Waals surface area contributed by atoms with E-state index in [9.17, 15) is 61.0 Å². The third kappa shape index (κ3) is 42.1. The molecular formula is C80H155NO18. The second-order valence-electron chi connectivity index (χ2n) is 30.3. The lowest BCUT2D eigenvalue weighted by atomic mass is 9.96. The van der Waals surface area contributed by atoms with Crippen LogP contribution in [0.1, 0.15) is 373 Å². The van der Waals surface area contributed by atoms with Crippen molar-refractivity contribution in [1.82, 2.24) is 5.32 Å². The van der Waals surface area contributed by atoms with Gasteiger partial charge in [0.05, 0.1) is 38.6 Å². The summed E-state index contributed by atoms with van der Waals surface area (Å²) in [6, 6.07) is -0.883. The van der Waals surface area contributed by atoms with E-state index in [0.29, 0.717) is 12.8 Å². The van der Waals surface area contributed by atoms with Gasteiger partial charge in [-0.3, -0.25) is 4.79 Å². The van der Waals surface area contributed by atoms with Gasteiger partial charge < -0.3 is 89.9 Å². The first-order valence-electron chi connectivity index (χ1n) is 41.8. The van der Waals surface area contributed by atoms with E-state index in [1.165, 1.54) is 295 Å². The van der Waals surface area contributed by atoms with Crippen molar-refractivity contribution in [2.75, 3.05) is 26.4 Å². The lowest BCUT2D eigenvalue weighted by molar-refractivity contribution is -0.379. The molecule has 0 aliphatic carbocycles. The van der Waals surface area contributed by atoms with Gasteiger partial charge in [-0.15, -0.1) is 0 Å². The van der Waals surface area contributed by atoms with E-state index in [0.717, 1.165) is 44.9 Å². The van der Waals surface area contributed by atoms with Crippen LogP contribution in [0.2, 0.25) is 0 Å². The van der Waals surface area contributed by atoms with Crippen LogP contribution in [0.4, 0.5) is 0 Å². The SMILES string of the molecule is CCCCCCCCCCCCCCCCCCCCCCCCCCCCCCCCCCCCCCCC(=O)NC(COC1OC(CO)C(OC2OC(CO)C(OC3OC(CO)C(O)C(O)C3O)C(O)C2O)C(O)C1O)C(O)CCCCCCCCCCCCCCCCCCC. The van der Waals surface area contributed by atoms with Gasteiger partial charge in [-0.1, -0.05) is 354 Å². The number of hydrogen-bond acceptors (Lipinski definition) is 18. The molecule has 19 heteroatoms. The van der Waals surface area contributed by atoms with Crippen molar-refractivity contribution in [2.45, 2.75) is 478 Å². The number of rotatable bonds is 68. The summed E-state index contributed by atoms with van der Waals surface area (Å²) in [6.45, 7) is 1.87. The van der Waals surface area contributed by atoms with Crippen LogP contribution in [0.5, 0.6) is 0 Å². The monoisotopic (exact) mass is 1420 g/mol. The van der Waals surface area contributed by atoms with Gasteiger partial charge in [0.2, 0.25) is 5.91 Å². The molecule has 3 saturated heterocycles. The molecule has 0 aromatic heterocycles. The van der Waals surface area contributed by atoms with Crippen LogP contribution in [0.25, 0.3) is 0 Å². The number of aliphatic hydroxyl groups excluding tert-OH is 11. The maximum Gasteiger partial charge on any atom is 0.220 e. The van der Waals surface area contributed by atoms with Gasteiger partial charge >= 0.3 is 0 Å². The molecule has 12 N–H and O–H groups in total. The standard InChI is InChI=1S/C80H155NO18/c1-3-5-7-9-11-13-15-17-19-21-22-23-24-25-26-27-28-29-30-31-32-33-34-35-36-37-38-39-40-42-44-46-48-50-52-54-56-58-68(86)81-63(64(85)57-55-53-51-49-47-45-43-41-20-18-16-14-12-10-8-6-4-2)62-94-78-74(92)71(89)76(66(60-83)96-78)99-80-75(93)72(90)77(67(61-84)97-80)98-79-73(91)70(88)69(87)65(59-82)95-79/h63-67,69-80,82-85,87-93H,3-62H2,1-2H3,(H,81,86). The summed E-state index contributed by atoms with van der Waals surface area (Å²) in [5, 5.41) is 121. The van der Waals surface area contributed by atoms with E-state index < -0.39 is 124 Å². The predicted octanol–water partition coefficient (Wildman–Crippen LogP) is 14.2. The number of carbonyl (C=O) groups is 1. The summed E-state index contributed by atoms with van der Waals surface area (Å²) >= 11 is 0. The summed E-state index contributed by atoms with van der Waals surface area (Å²) in [5.41, 5.74) is 0. The van der Waals surface area contributed by atoms with Crippen molar-refractivity contribution in [1.29, 1.82) is 0 Å². The molecule has 19 nitrogen and oxygen atoms in total. The summed E-state index contributed by atoms with van der Waals surface area (Å²) in [6.07, 6.45) is 45.1. The summed E-state index contributed by atoms with van der Waals surface area (Å²) in [5.74, 6) is -0.233. The Bertz CT molecular complexity index is 1790. The molecule has 588 valence electrons. The molecule has 3 aliphatic rings. The number of hydrogen-bond donors (Lipinski definition) is 12. The Hall–Kier alpha value is -1.21. The largest absolute Gasteiger partial charge is 0.394 e. The van der Waals surface area contributed by atoms with Gasteiger partial charge in [0, 0.05) is 6.42 Å². The average Bonchev–Trinajstić information content (AvgIpc) is 0.786. The normalized spacial score (nSPS) is 26.5. The maximum absolute atomic E-state index is 13.5. The van der Waals surface area contributed by atoms with Crippen molar-refractivity contribution in [3.63, 3.8) is 0 Å². The summed E-state index contributed by atoms with van der Waals surface area (Å²) in [7, 11) is 0. The molecule has 3 fully saturated rings. The van der Waals surface area contributed by atoms with E-state index in [1.54, 1.807) is 0 Å². The molecule has 17 atom stereocenters. The molecule has 0 spiro atoms. The van der Waals surface area contributed by atoms with Crippen LogP contribution in [0.15, 0.2) is 0 Å². The Morgan fingerprint density at radius 1 is 0.323 bits per heavy atom. The fraction of sp³-hybridized carbons (Fsp3) is 0.988. The molecule has 3 rings (SSSR count). The van der Waals surface area contributed by atoms with Gasteiger partial charge in [0.15, 0.2) is 18.9 Å². The van der Waals surface area contributed by atoms with E-state index in [-0.39, 0.29) is 18.9 Å². The number of amides is 1. The zero-order valence-corrected chi connectivity index (χ0v) is 63.0. The van der Waals surface area contributed by atoms with Crippen LogP contribution in [0.3, 0.4) is 0 Å². The molecule has 0 aromatic carbocycles. The van der Waals surface area contributed by atoms with Crippen molar-refractivity contribution < 1.29 is 89.4 Å². The predicted molar refractivity (Wildman–Crippen MR) is 393 cm³/mol. The van der Waals surface area contributed by atoms with Crippen molar-refractivity contribution >= 4 is 5.91 Å². The Balaban J connectivity index is 1.29. The van der Waals surface area contributed by atoms with Crippen LogP contribution >= 0.6 is 0 Å². The molecule has 3 heterocycles. The fourth-order valence-corrected chi connectivity index (χ4v) is 14.7. The zero-order chi connectivity index (χ0) is 71.8. The van der Waals surface area contributed by atoms with Crippen LogP contribution < -0.4 is 5.32 Å². The Morgan fingerprint density at radius 3 is 0.879 bits per heavy atom.